The first kappa shape index (κ1) is 14.8. The Morgan fingerprint density at radius 1 is 1.12 bits per heavy atom. The molecule has 0 saturated heterocycles. The van der Waals surface area contributed by atoms with Gasteiger partial charge in [0.15, 0.2) is 9.04 Å². The van der Waals surface area contributed by atoms with Crippen molar-refractivity contribution in [3.63, 3.8) is 0 Å². The van der Waals surface area contributed by atoms with Crippen molar-refractivity contribution >= 4 is 9.04 Å². The van der Waals surface area contributed by atoms with E-state index < -0.39 is 9.04 Å². The number of rotatable bonds is 3. The lowest BCUT2D eigenvalue weighted by Gasteiger charge is -2.48. The molecule has 1 aliphatic rings. The van der Waals surface area contributed by atoms with E-state index in [-0.39, 0.29) is 11.0 Å². The summed E-state index contributed by atoms with van der Waals surface area (Å²) in [5, 5.41) is 0. The predicted octanol–water partition coefficient (Wildman–Crippen LogP) is 3.98. The summed E-state index contributed by atoms with van der Waals surface area (Å²) in [4.78, 5) is 0. The summed E-state index contributed by atoms with van der Waals surface area (Å²) in [7, 11) is -1.13. The lowest BCUT2D eigenvalue weighted by molar-refractivity contribution is -0.0452. The second-order valence-corrected chi connectivity index (χ2v) is 8.96. The molecule has 0 heterocycles. The first-order chi connectivity index (χ1) is 7.83. The Hall–Kier alpha value is -0.263. The summed E-state index contributed by atoms with van der Waals surface area (Å²) in [5.74, 6) is 3.62. The summed E-state index contributed by atoms with van der Waals surface area (Å²) in [6.07, 6.45) is 12.4. The van der Waals surface area contributed by atoms with Crippen LogP contribution in [0.3, 0.4) is 0 Å². The van der Waals surface area contributed by atoms with E-state index in [1.165, 1.54) is 32.1 Å². The summed E-state index contributed by atoms with van der Waals surface area (Å²) in [6, 6.07) is 0. The van der Waals surface area contributed by atoms with Crippen molar-refractivity contribution in [3.8, 4) is 12.3 Å². The van der Waals surface area contributed by atoms with Crippen molar-refractivity contribution in [3.05, 3.63) is 0 Å². The van der Waals surface area contributed by atoms with Crippen molar-refractivity contribution in [1.82, 2.24) is 0 Å². The third-order valence-electron chi connectivity index (χ3n) is 3.93. The fourth-order valence-corrected chi connectivity index (χ4v) is 4.49. The van der Waals surface area contributed by atoms with Crippen LogP contribution in [0.25, 0.3) is 0 Å². The summed E-state index contributed by atoms with van der Waals surface area (Å²) in [6.45, 7) is 11.1. The topological polar surface area (TPSA) is 9.23 Å². The fraction of sp³-hybridized carbons (Fsp3) is 0.867. The van der Waals surface area contributed by atoms with E-state index in [2.05, 4.69) is 39.8 Å². The third-order valence-corrected chi connectivity index (χ3v) is 4.77. The molecule has 1 fully saturated rings. The average Bonchev–Trinajstić information content (AvgIpc) is 2.25. The molecule has 0 aromatic rings. The largest absolute Gasteiger partial charge is 0.404 e. The van der Waals surface area contributed by atoms with Crippen LogP contribution in [0.4, 0.5) is 0 Å². The highest BCUT2D eigenvalue weighted by Crippen LogP contribution is 2.45. The molecule has 98 valence electrons. The molecule has 1 saturated carbocycles. The van der Waals surface area contributed by atoms with Gasteiger partial charge in [0.05, 0.1) is 0 Å². The first-order valence-corrected chi connectivity index (χ1v) is 9.77. The van der Waals surface area contributed by atoms with Gasteiger partial charge >= 0.3 is 0 Å². The number of hydrogen-bond donors (Lipinski definition) is 0. The van der Waals surface area contributed by atoms with Crippen molar-refractivity contribution < 1.29 is 4.43 Å². The maximum Gasteiger partial charge on any atom is 0.173 e. The minimum Gasteiger partial charge on any atom is -0.404 e. The van der Waals surface area contributed by atoms with Crippen LogP contribution in [0.1, 0.15) is 52.9 Å². The van der Waals surface area contributed by atoms with Gasteiger partial charge in [-0.2, -0.15) is 0 Å². The van der Waals surface area contributed by atoms with E-state index >= 15 is 0 Å². The maximum atomic E-state index is 6.39. The lowest BCUT2D eigenvalue weighted by Crippen LogP contribution is -2.53. The Kier molecular flexibility index (Phi) is 4.86. The van der Waals surface area contributed by atoms with Gasteiger partial charge < -0.3 is 4.43 Å². The predicted molar refractivity (Wildman–Crippen MR) is 77.6 cm³/mol. The van der Waals surface area contributed by atoms with Gasteiger partial charge in [0.1, 0.15) is 5.60 Å². The monoisotopic (exact) mass is 252 g/mol. The Balaban J connectivity index is 3.02. The highest BCUT2D eigenvalue weighted by molar-refractivity contribution is 6.48. The standard InChI is InChI=1S/C15H28OSi/c1-7-15(14(2,3)4,16-17(5)6)13-11-9-8-10-12-13/h1,13,17H,8-12H2,2-6H3/t15-/m1/s1. The van der Waals surface area contributed by atoms with Gasteiger partial charge in [0, 0.05) is 5.41 Å². The molecule has 1 nitrogen and oxygen atoms in total. The molecule has 0 radical (unpaired) electrons. The molecule has 0 aromatic heterocycles. The molecule has 0 amide bonds. The molecule has 17 heavy (non-hydrogen) atoms. The maximum absolute atomic E-state index is 6.39. The third kappa shape index (κ3) is 3.14. The van der Waals surface area contributed by atoms with Gasteiger partial charge in [-0.05, 0) is 31.9 Å². The highest BCUT2D eigenvalue weighted by Gasteiger charge is 2.48. The molecule has 1 rings (SSSR count). The van der Waals surface area contributed by atoms with Gasteiger partial charge in [-0.3, -0.25) is 0 Å². The van der Waals surface area contributed by atoms with Crippen LogP contribution in [0.2, 0.25) is 13.1 Å². The van der Waals surface area contributed by atoms with Crippen LogP contribution in [0.15, 0.2) is 0 Å². The van der Waals surface area contributed by atoms with Gasteiger partial charge in [-0.25, -0.2) is 0 Å². The van der Waals surface area contributed by atoms with Crippen LogP contribution in [0.5, 0.6) is 0 Å². The molecule has 2 heteroatoms. The minimum atomic E-state index is -1.13. The Labute approximate surface area is 109 Å². The molecule has 0 N–H and O–H groups in total. The van der Waals surface area contributed by atoms with Crippen LogP contribution in [-0.2, 0) is 4.43 Å². The van der Waals surface area contributed by atoms with Crippen LogP contribution in [0, 0.1) is 23.7 Å². The molecule has 0 unspecified atom stereocenters. The van der Waals surface area contributed by atoms with Gasteiger partial charge in [0.2, 0.25) is 0 Å². The molecule has 0 aliphatic heterocycles. The summed E-state index contributed by atoms with van der Waals surface area (Å²) in [5.41, 5.74) is -0.311. The molecule has 1 aliphatic carbocycles. The second-order valence-electron chi connectivity index (χ2n) is 6.63. The number of hydrogen-bond acceptors (Lipinski definition) is 1. The van der Waals surface area contributed by atoms with E-state index in [1.54, 1.807) is 0 Å². The summed E-state index contributed by atoms with van der Waals surface area (Å²) < 4.78 is 6.39. The van der Waals surface area contributed by atoms with Crippen molar-refractivity contribution in [2.45, 2.75) is 71.6 Å². The van der Waals surface area contributed by atoms with Crippen LogP contribution in [-0.4, -0.2) is 14.6 Å². The number of terminal acetylenes is 1. The Morgan fingerprint density at radius 3 is 2.00 bits per heavy atom. The summed E-state index contributed by atoms with van der Waals surface area (Å²) >= 11 is 0. The zero-order chi connectivity index (χ0) is 13.1. The van der Waals surface area contributed by atoms with Gasteiger partial charge in [-0.1, -0.05) is 46.0 Å². The molecule has 1 atom stereocenters. The van der Waals surface area contributed by atoms with Crippen molar-refractivity contribution in [2.24, 2.45) is 11.3 Å². The molecular weight excluding hydrogens is 224 g/mol. The zero-order valence-corrected chi connectivity index (χ0v) is 13.3. The quantitative estimate of drug-likeness (QED) is 0.545. The zero-order valence-electron chi connectivity index (χ0n) is 12.2. The second kappa shape index (κ2) is 5.59. The fourth-order valence-electron chi connectivity index (χ4n) is 3.13. The molecule has 0 spiro atoms. The van der Waals surface area contributed by atoms with E-state index in [0.29, 0.717) is 5.92 Å². The smallest absolute Gasteiger partial charge is 0.173 e. The first-order valence-electron chi connectivity index (χ1n) is 6.99. The molecule has 0 aromatic carbocycles. The van der Waals surface area contributed by atoms with Gasteiger partial charge in [0.25, 0.3) is 0 Å². The van der Waals surface area contributed by atoms with E-state index in [1.807, 2.05) is 0 Å². The van der Waals surface area contributed by atoms with E-state index in [9.17, 15) is 0 Å². The van der Waals surface area contributed by atoms with Crippen LogP contribution < -0.4 is 0 Å². The van der Waals surface area contributed by atoms with Gasteiger partial charge in [-0.15, -0.1) is 6.42 Å². The molecule has 0 bridgehead atoms. The van der Waals surface area contributed by atoms with Crippen molar-refractivity contribution in [2.75, 3.05) is 0 Å². The normalized spacial score (nSPS) is 22.2. The SMILES string of the molecule is C#C[C@@](O[SiH](C)C)(C1CCCCC1)C(C)(C)C. The Morgan fingerprint density at radius 2 is 1.65 bits per heavy atom. The molecular formula is C15H28OSi. The van der Waals surface area contributed by atoms with Crippen LogP contribution >= 0.6 is 0 Å². The van der Waals surface area contributed by atoms with E-state index in [4.69, 9.17) is 10.8 Å². The van der Waals surface area contributed by atoms with Crippen molar-refractivity contribution in [1.29, 1.82) is 0 Å². The lowest BCUT2D eigenvalue weighted by atomic mass is 9.65. The average molecular weight is 252 g/mol. The highest BCUT2D eigenvalue weighted by atomic mass is 28.3. The van der Waals surface area contributed by atoms with E-state index in [0.717, 1.165) is 0 Å². The minimum absolute atomic E-state index is 0.0288. The Bertz CT molecular complexity index is 278.